The second-order valence-corrected chi connectivity index (χ2v) is 5.70. The number of H-pyrrole nitrogens is 1. The highest BCUT2D eigenvalue weighted by molar-refractivity contribution is 7.99. The first-order chi connectivity index (χ1) is 9.31. The number of benzene rings is 2. The second kappa shape index (κ2) is 5.41. The van der Waals surface area contributed by atoms with Crippen molar-refractivity contribution in [3.8, 4) is 0 Å². The number of aromatic amines is 1. The van der Waals surface area contributed by atoms with Crippen molar-refractivity contribution in [3.05, 3.63) is 60.2 Å². The summed E-state index contributed by atoms with van der Waals surface area (Å²) in [6, 6.07) is 18.7. The SMILES string of the molecule is Nc1ccc(CCSc2cc3ccccc3[nH]2)cc1. The number of nitrogens with two attached hydrogens (primary N) is 1. The number of anilines is 1. The van der Waals surface area contributed by atoms with Gasteiger partial charge in [0, 0.05) is 22.3 Å². The Hall–Kier alpha value is -1.87. The Balaban J connectivity index is 1.61. The maximum atomic E-state index is 5.68. The summed E-state index contributed by atoms with van der Waals surface area (Å²) in [5, 5.41) is 2.51. The highest BCUT2D eigenvalue weighted by Crippen LogP contribution is 2.23. The summed E-state index contributed by atoms with van der Waals surface area (Å²) < 4.78 is 0. The van der Waals surface area contributed by atoms with Crippen molar-refractivity contribution >= 4 is 28.4 Å². The summed E-state index contributed by atoms with van der Waals surface area (Å²) in [6.07, 6.45) is 1.06. The van der Waals surface area contributed by atoms with Gasteiger partial charge in [0.25, 0.3) is 0 Å². The molecule has 0 spiro atoms. The zero-order valence-corrected chi connectivity index (χ0v) is 11.4. The normalized spacial score (nSPS) is 10.9. The zero-order chi connectivity index (χ0) is 13.1. The van der Waals surface area contributed by atoms with Gasteiger partial charge in [0.05, 0.1) is 5.03 Å². The molecule has 0 radical (unpaired) electrons. The minimum absolute atomic E-state index is 0.826. The largest absolute Gasteiger partial charge is 0.399 e. The molecule has 3 aromatic rings. The summed E-state index contributed by atoms with van der Waals surface area (Å²) in [4.78, 5) is 3.43. The number of hydrogen-bond acceptors (Lipinski definition) is 2. The van der Waals surface area contributed by atoms with Crippen molar-refractivity contribution in [2.24, 2.45) is 0 Å². The van der Waals surface area contributed by atoms with Crippen molar-refractivity contribution in [3.63, 3.8) is 0 Å². The molecule has 3 rings (SSSR count). The van der Waals surface area contributed by atoms with Gasteiger partial charge in [0.2, 0.25) is 0 Å². The van der Waals surface area contributed by atoms with Crippen molar-refractivity contribution in [2.45, 2.75) is 11.4 Å². The summed E-state index contributed by atoms with van der Waals surface area (Å²) in [5.74, 6) is 1.07. The first-order valence-corrected chi connectivity index (χ1v) is 7.35. The molecule has 0 unspecified atom stereocenters. The summed E-state index contributed by atoms with van der Waals surface area (Å²) >= 11 is 1.86. The Morgan fingerprint density at radius 2 is 1.79 bits per heavy atom. The zero-order valence-electron chi connectivity index (χ0n) is 10.6. The van der Waals surface area contributed by atoms with Crippen molar-refractivity contribution < 1.29 is 0 Å². The number of fused-ring (bicyclic) bond motifs is 1. The smallest absolute Gasteiger partial charge is 0.0732 e. The average Bonchev–Trinajstić information content (AvgIpc) is 2.83. The van der Waals surface area contributed by atoms with Crippen molar-refractivity contribution in [1.82, 2.24) is 4.98 Å². The molecule has 0 aliphatic carbocycles. The van der Waals surface area contributed by atoms with Crippen LogP contribution >= 0.6 is 11.8 Å². The predicted molar refractivity (Wildman–Crippen MR) is 83.6 cm³/mol. The number of aryl methyl sites for hydroxylation is 1. The number of hydrogen-bond donors (Lipinski definition) is 2. The topological polar surface area (TPSA) is 41.8 Å². The monoisotopic (exact) mass is 268 g/mol. The number of nitrogens with one attached hydrogen (secondary N) is 1. The van der Waals surface area contributed by atoms with Gasteiger partial charge in [-0.25, -0.2) is 0 Å². The third kappa shape index (κ3) is 2.93. The Morgan fingerprint density at radius 1 is 1.00 bits per heavy atom. The van der Waals surface area contributed by atoms with Crippen LogP contribution in [-0.4, -0.2) is 10.7 Å². The molecular formula is C16H16N2S. The van der Waals surface area contributed by atoms with Gasteiger partial charge in [0.15, 0.2) is 0 Å². The van der Waals surface area contributed by atoms with E-state index in [0.717, 1.165) is 17.9 Å². The first-order valence-electron chi connectivity index (χ1n) is 6.36. The van der Waals surface area contributed by atoms with Gasteiger partial charge >= 0.3 is 0 Å². The molecule has 19 heavy (non-hydrogen) atoms. The molecule has 0 aliphatic heterocycles. The van der Waals surface area contributed by atoms with Crippen LogP contribution in [0.2, 0.25) is 0 Å². The lowest BCUT2D eigenvalue weighted by Gasteiger charge is -2.01. The number of para-hydroxylation sites is 1. The van der Waals surface area contributed by atoms with E-state index in [1.165, 1.54) is 21.5 Å². The number of aromatic nitrogens is 1. The van der Waals surface area contributed by atoms with Gasteiger partial charge in [-0.2, -0.15) is 0 Å². The van der Waals surface area contributed by atoms with Gasteiger partial charge in [-0.3, -0.25) is 0 Å². The van der Waals surface area contributed by atoms with Crippen LogP contribution in [0.25, 0.3) is 10.9 Å². The van der Waals surface area contributed by atoms with Gasteiger partial charge < -0.3 is 10.7 Å². The Labute approximate surface area is 117 Å². The van der Waals surface area contributed by atoms with Crippen LogP contribution < -0.4 is 5.73 Å². The molecule has 3 heteroatoms. The molecule has 0 saturated carbocycles. The fourth-order valence-electron chi connectivity index (χ4n) is 2.09. The fourth-order valence-corrected chi connectivity index (χ4v) is 3.04. The summed E-state index contributed by atoms with van der Waals surface area (Å²) in [5.41, 5.74) is 9.04. The van der Waals surface area contributed by atoms with E-state index in [1.807, 2.05) is 23.9 Å². The third-order valence-corrected chi connectivity index (χ3v) is 4.07. The fraction of sp³-hybridized carbons (Fsp3) is 0.125. The molecule has 3 N–H and O–H groups in total. The molecule has 1 aromatic heterocycles. The molecule has 0 amide bonds. The molecule has 0 fully saturated rings. The number of rotatable bonds is 4. The maximum absolute atomic E-state index is 5.68. The quantitative estimate of drug-likeness (QED) is 0.553. The van der Waals surface area contributed by atoms with Gasteiger partial charge in [-0.15, -0.1) is 11.8 Å². The summed E-state index contributed by atoms with van der Waals surface area (Å²) in [6.45, 7) is 0. The average molecular weight is 268 g/mol. The van der Waals surface area contributed by atoms with Crippen molar-refractivity contribution in [1.29, 1.82) is 0 Å². The van der Waals surface area contributed by atoms with Crippen LogP contribution in [-0.2, 0) is 6.42 Å². The van der Waals surface area contributed by atoms with E-state index in [4.69, 9.17) is 5.73 Å². The highest BCUT2D eigenvalue weighted by atomic mass is 32.2. The molecule has 1 heterocycles. The lowest BCUT2D eigenvalue weighted by atomic mass is 10.2. The Bertz CT molecular complexity index is 638. The van der Waals surface area contributed by atoms with E-state index in [9.17, 15) is 0 Å². The van der Waals surface area contributed by atoms with E-state index in [1.54, 1.807) is 0 Å². The first kappa shape index (κ1) is 12.2. The third-order valence-electron chi connectivity index (χ3n) is 3.13. The summed E-state index contributed by atoms with van der Waals surface area (Å²) in [7, 11) is 0. The van der Waals surface area contributed by atoms with E-state index >= 15 is 0 Å². The van der Waals surface area contributed by atoms with Gasteiger partial charge in [-0.1, -0.05) is 30.3 Å². The van der Waals surface area contributed by atoms with E-state index in [-0.39, 0.29) is 0 Å². The van der Waals surface area contributed by atoms with Crippen LogP contribution in [0.5, 0.6) is 0 Å². The minimum atomic E-state index is 0.826. The molecule has 0 bridgehead atoms. The van der Waals surface area contributed by atoms with Crippen molar-refractivity contribution in [2.75, 3.05) is 11.5 Å². The van der Waals surface area contributed by atoms with Crippen LogP contribution in [0.1, 0.15) is 5.56 Å². The standard InChI is InChI=1S/C16H16N2S/c17-14-7-5-12(6-8-14)9-10-19-16-11-13-3-1-2-4-15(13)18-16/h1-8,11,18H,9-10,17H2. The highest BCUT2D eigenvalue weighted by Gasteiger charge is 2.01. The lowest BCUT2D eigenvalue weighted by Crippen LogP contribution is -1.90. The lowest BCUT2D eigenvalue weighted by molar-refractivity contribution is 1.14. The molecule has 0 saturated heterocycles. The second-order valence-electron chi connectivity index (χ2n) is 4.56. The van der Waals surface area contributed by atoms with Crippen LogP contribution in [0.3, 0.4) is 0 Å². The molecule has 96 valence electrons. The van der Waals surface area contributed by atoms with Crippen LogP contribution in [0, 0.1) is 0 Å². The van der Waals surface area contributed by atoms with Gasteiger partial charge in [-0.05, 0) is 36.2 Å². The maximum Gasteiger partial charge on any atom is 0.0732 e. The van der Waals surface area contributed by atoms with Crippen LogP contribution in [0.4, 0.5) is 5.69 Å². The van der Waals surface area contributed by atoms with Crippen LogP contribution in [0.15, 0.2) is 59.6 Å². The Kier molecular flexibility index (Phi) is 3.47. The van der Waals surface area contributed by atoms with E-state index in [2.05, 4.69) is 47.4 Å². The molecule has 0 atom stereocenters. The van der Waals surface area contributed by atoms with E-state index < -0.39 is 0 Å². The molecule has 2 aromatic carbocycles. The molecular weight excluding hydrogens is 252 g/mol. The molecule has 0 aliphatic rings. The number of thioether (sulfide) groups is 1. The minimum Gasteiger partial charge on any atom is -0.399 e. The van der Waals surface area contributed by atoms with E-state index in [0.29, 0.717) is 0 Å². The molecule has 2 nitrogen and oxygen atoms in total. The number of nitrogen functional groups attached to an aromatic ring is 1. The van der Waals surface area contributed by atoms with Gasteiger partial charge in [0.1, 0.15) is 0 Å². The Morgan fingerprint density at radius 3 is 2.58 bits per heavy atom. The predicted octanol–water partition coefficient (Wildman–Crippen LogP) is 4.08.